The number of likely N-dealkylation sites (tertiary alicyclic amines) is 1. The maximum atomic E-state index is 6.08. The van der Waals surface area contributed by atoms with Crippen molar-refractivity contribution >= 4 is 5.96 Å². The van der Waals surface area contributed by atoms with Crippen molar-refractivity contribution in [3.05, 3.63) is 30.3 Å². The zero-order valence-corrected chi connectivity index (χ0v) is 16.5. The predicted octanol–water partition coefficient (Wildman–Crippen LogP) is 2.69. The number of hydrogen-bond donors (Lipinski definition) is 1. The summed E-state index contributed by atoms with van der Waals surface area (Å²) in [5, 5.41) is 3.56. The summed E-state index contributed by atoms with van der Waals surface area (Å²) in [5.74, 6) is 1.97. The highest BCUT2D eigenvalue weighted by molar-refractivity contribution is 5.80. The van der Waals surface area contributed by atoms with Crippen LogP contribution in [0.3, 0.4) is 0 Å². The van der Waals surface area contributed by atoms with E-state index in [1.165, 1.54) is 0 Å². The molecule has 5 nitrogen and oxygen atoms in total. The van der Waals surface area contributed by atoms with Crippen LogP contribution < -0.4 is 10.1 Å². The van der Waals surface area contributed by atoms with Crippen molar-refractivity contribution in [3.8, 4) is 5.75 Å². The molecule has 0 radical (unpaired) electrons. The largest absolute Gasteiger partial charge is 0.490 e. The fourth-order valence-electron chi connectivity index (χ4n) is 3.44. The van der Waals surface area contributed by atoms with Gasteiger partial charge in [-0.25, -0.2) is 0 Å². The number of guanidine groups is 1. The molecule has 140 valence electrons. The molecule has 1 N–H and O–H groups in total. The lowest BCUT2D eigenvalue weighted by Crippen LogP contribution is -2.50. The lowest BCUT2D eigenvalue weighted by molar-refractivity contribution is 0.129. The standard InChI is InChI=1S/C20H34N4O/c1-20(2,16-23(4)5)15-22-19(21-3)24-13-11-18(12-14-24)25-17-9-7-6-8-10-17/h6-10,18H,11-16H2,1-5H3,(H,21,22). The van der Waals surface area contributed by atoms with Gasteiger partial charge in [-0.2, -0.15) is 0 Å². The average Bonchev–Trinajstić information content (AvgIpc) is 2.56. The second-order valence-electron chi connectivity index (χ2n) is 7.92. The molecule has 0 unspecified atom stereocenters. The quantitative estimate of drug-likeness (QED) is 0.635. The lowest BCUT2D eigenvalue weighted by Gasteiger charge is -2.36. The van der Waals surface area contributed by atoms with Crippen molar-refractivity contribution in [2.24, 2.45) is 10.4 Å². The molecule has 25 heavy (non-hydrogen) atoms. The fraction of sp³-hybridized carbons (Fsp3) is 0.650. The van der Waals surface area contributed by atoms with Crippen LogP contribution in [-0.4, -0.2) is 69.2 Å². The van der Waals surface area contributed by atoms with Gasteiger partial charge in [-0.3, -0.25) is 4.99 Å². The van der Waals surface area contributed by atoms with Crippen molar-refractivity contribution in [1.29, 1.82) is 0 Å². The summed E-state index contributed by atoms with van der Waals surface area (Å²) in [6.45, 7) is 8.49. The third kappa shape index (κ3) is 6.58. The summed E-state index contributed by atoms with van der Waals surface area (Å²) >= 11 is 0. The molecule has 5 heteroatoms. The van der Waals surface area contributed by atoms with Crippen LogP contribution in [0.4, 0.5) is 0 Å². The second kappa shape index (κ2) is 9.09. The molecule has 1 fully saturated rings. The van der Waals surface area contributed by atoms with Crippen LogP contribution in [0.5, 0.6) is 5.75 Å². The number of piperidine rings is 1. The molecule has 1 aromatic carbocycles. The summed E-state index contributed by atoms with van der Waals surface area (Å²) in [7, 11) is 6.11. The summed E-state index contributed by atoms with van der Waals surface area (Å²) in [4.78, 5) is 9.06. The summed E-state index contributed by atoms with van der Waals surface area (Å²) < 4.78 is 6.08. The van der Waals surface area contributed by atoms with E-state index in [1.807, 2.05) is 37.4 Å². The highest BCUT2D eigenvalue weighted by Gasteiger charge is 2.25. The summed E-state index contributed by atoms with van der Waals surface area (Å²) in [6.07, 6.45) is 2.34. The predicted molar refractivity (Wildman–Crippen MR) is 105 cm³/mol. The lowest BCUT2D eigenvalue weighted by atomic mass is 9.93. The first-order chi connectivity index (χ1) is 11.9. The molecule has 1 aliphatic rings. The van der Waals surface area contributed by atoms with Gasteiger partial charge in [-0.1, -0.05) is 32.0 Å². The first kappa shape index (κ1) is 19.6. The number of ether oxygens (including phenoxy) is 1. The van der Waals surface area contributed by atoms with Gasteiger partial charge < -0.3 is 19.9 Å². The van der Waals surface area contributed by atoms with Crippen LogP contribution in [0, 0.1) is 5.41 Å². The minimum Gasteiger partial charge on any atom is -0.490 e. The minimum atomic E-state index is 0.203. The maximum Gasteiger partial charge on any atom is 0.193 e. The zero-order valence-electron chi connectivity index (χ0n) is 16.5. The van der Waals surface area contributed by atoms with Gasteiger partial charge in [0.05, 0.1) is 0 Å². The molecule has 0 atom stereocenters. The Hall–Kier alpha value is -1.75. The van der Waals surface area contributed by atoms with Crippen molar-refractivity contribution < 1.29 is 4.74 Å². The van der Waals surface area contributed by atoms with Crippen LogP contribution in [0.1, 0.15) is 26.7 Å². The van der Waals surface area contributed by atoms with Gasteiger partial charge in [-0.15, -0.1) is 0 Å². The number of rotatable bonds is 6. The Labute approximate surface area is 153 Å². The Kier molecular flexibility index (Phi) is 7.12. The molecule has 1 saturated heterocycles. The van der Waals surface area contributed by atoms with Crippen molar-refractivity contribution in [2.75, 3.05) is 47.3 Å². The monoisotopic (exact) mass is 346 g/mol. The van der Waals surface area contributed by atoms with Gasteiger partial charge in [0.15, 0.2) is 5.96 Å². The number of nitrogens with zero attached hydrogens (tertiary/aromatic N) is 3. The molecule has 0 bridgehead atoms. The van der Waals surface area contributed by atoms with Gasteiger partial charge in [-0.05, 0) is 31.6 Å². The van der Waals surface area contributed by atoms with Crippen molar-refractivity contribution in [3.63, 3.8) is 0 Å². The second-order valence-corrected chi connectivity index (χ2v) is 7.92. The normalized spacial score (nSPS) is 17.0. The van der Waals surface area contributed by atoms with Crippen LogP contribution >= 0.6 is 0 Å². The highest BCUT2D eigenvalue weighted by Crippen LogP contribution is 2.19. The number of aliphatic imine (C=N–C) groups is 1. The molecule has 0 aromatic heterocycles. The number of benzene rings is 1. The molecular weight excluding hydrogens is 312 g/mol. The van der Waals surface area contributed by atoms with E-state index in [4.69, 9.17) is 4.74 Å². The molecule has 1 heterocycles. The molecule has 1 aliphatic heterocycles. The fourth-order valence-corrected chi connectivity index (χ4v) is 3.44. The number of nitrogens with one attached hydrogen (secondary N) is 1. The van der Waals surface area contributed by atoms with Gasteiger partial charge in [0.25, 0.3) is 0 Å². The molecule has 0 amide bonds. The SMILES string of the molecule is CN=C(NCC(C)(C)CN(C)C)N1CCC(Oc2ccccc2)CC1. The van der Waals surface area contributed by atoms with E-state index in [0.717, 1.165) is 50.7 Å². The van der Waals surface area contributed by atoms with Gasteiger partial charge in [0.1, 0.15) is 11.9 Å². The third-order valence-corrected chi connectivity index (χ3v) is 4.47. The van der Waals surface area contributed by atoms with E-state index >= 15 is 0 Å². The molecule has 0 saturated carbocycles. The van der Waals surface area contributed by atoms with Crippen LogP contribution in [0.15, 0.2) is 35.3 Å². The Morgan fingerprint density at radius 2 is 1.88 bits per heavy atom. The van der Waals surface area contributed by atoms with Crippen LogP contribution in [-0.2, 0) is 0 Å². The third-order valence-electron chi connectivity index (χ3n) is 4.47. The Balaban J connectivity index is 1.79. The Morgan fingerprint density at radius 1 is 1.24 bits per heavy atom. The Bertz CT molecular complexity index is 534. The van der Waals surface area contributed by atoms with E-state index in [9.17, 15) is 0 Å². The van der Waals surface area contributed by atoms with Crippen molar-refractivity contribution in [1.82, 2.24) is 15.1 Å². The van der Waals surface area contributed by atoms with Crippen molar-refractivity contribution in [2.45, 2.75) is 32.8 Å². The molecule has 0 spiro atoms. The van der Waals surface area contributed by atoms with Gasteiger partial charge in [0, 0.05) is 46.1 Å². The molecule has 0 aliphatic carbocycles. The van der Waals surface area contributed by atoms with Gasteiger partial charge in [0.2, 0.25) is 0 Å². The van der Waals surface area contributed by atoms with E-state index < -0.39 is 0 Å². The van der Waals surface area contributed by atoms with E-state index in [2.05, 4.69) is 48.1 Å². The van der Waals surface area contributed by atoms with E-state index in [-0.39, 0.29) is 5.41 Å². The average molecular weight is 347 g/mol. The first-order valence-corrected chi connectivity index (χ1v) is 9.22. The zero-order chi connectivity index (χ0) is 18.3. The van der Waals surface area contributed by atoms with Gasteiger partial charge >= 0.3 is 0 Å². The summed E-state index contributed by atoms with van der Waals surface area (Å²) in [5.41, 5.74) is 0.203. The molecular formula is C20H34N4O. The van der Waals surface area contributed by atoms with Crippen LogP contribution in [0.2, 0.25) is 0 Å². The van der Waals surface area contributed by atoms with E-state index in [1.54, 1.807) is 0 Å². The number of para-hydroxylation sites is 1. The topological polar surface area (TPSA) is 40.1 Å². The first-order valence-electron chi connectivity index (χ1n) is 9.22. The van der Waals surface area contributed by atoms with E-state index in [0.29, 0.717) is 6.10 Å². The maximum absolute atomic E-state index is 6.08. The van der Waals surface area contributed by atoms with Crippen LogP contribution in [0.25, 0.3) is 0 Å². The summed E-state index contributed by atoms with van der Waals surface area (Å²) in [6, 6.07) is 10.1. The highest BCUT2D eigenvalue weighted by atomic mass is 16.5. The Morgan fingerprint density at radius 3 is 2.44 bits per heavy atom. The molecule has 2 rings (SSSR count). The molecule has 1 aromatic rings. The minimum absolute atomic E-state index is 0.203. The number of hydrogen-bond acceptors (Lipinski definition) is 3. The smallest absolute Gasteiger partial charge is 0.193 e.